The first-order valence-electron chi connectivity index (χ1n) is 8.12. The van der Waals surface area contributed by atoms with E-state index in [1.54, 1.807) is 4.90 Å². The maximum atomic E-state index is 12.2. The van der Waals surface area contributed by atoms with Gasteiger partial charge in [0.05, 0.1) is 18.3 Å². The predicted molar refractivity (Wildman–Crippen MR) is 85.7 cm³/mol. The van der Waals surface area contributed by atoms with Crippen molar-refractivity contribution < 1.29 is 9.90 Å². The number of nitrogens with zero attached hydrogens (tertiary/aromatic N) is 3. The number of aliphatic hydroxyl groups is 1. The van der Waals surface area contributed by atoms with Crippen LogP contribution in [0.1, 0.15) is 36.2 Å². The molecule has 0 spiro atoms. The first kappa shape index (κ1) is 17.0. The van der Waals surface area contributed by atoms with Crippen LogP contribution in [-0.4, -0.2) is 70.3 Å². The van der Waals surface area contributed by atoms with Crippen LogP contribution < -0.4 is 0 Å². The van der Waals surface area contributed by atoms with Gasteiger partial charge in [0.25, 0.3) is 0 Å². The molecule has 22 heavy (non-hydrogen) atoms. The normalized spacial score (nSPS) is 19.4. The number of hydrogen-bond donors (Lipinski definition) is 2. The molecule has 124 valence electrons. The molecular formula is C16H28N4O2. The Hall–Kier alpha value is -1.40. The Labute approximate surface area is 132 Å². The van der Waals surface area contributed by atoms with Crippen LogP contribution in [0, 0.1) is 13.8 Å². The standard InChI is InChI=1S/C16H28N4O2/c1-12-15(13(2)18-17-12)7-5-8-19(3)16(22)11-20-9-4-6-14(21)10-20/h14,21H,4-11H2,1-3H3,(H,17,18). The summed E-state index contributed by atoms with van der Waals surface area (Å²) in [4.78, 5) is 16.1. The first-order chi connectivity index (χ1) is 10.5. The monoisotopic (exact) mass is 308 g/mol. The molecule has 0 aromatic carbocycles. The Kier molecular flexibility index (Phi) is 5.97. The molecule has 0 aliphatic carbocycles. The van der Waals surface area contributed by atoms with Gasteiger partial charge in [-0.1, -0.05) is 0 Å². The second-order valence-electron chi connectivity index (χ2n) is 6.36. The summed E-state index contributed by atoms with van der Waals surface area (Å²) in [5.41, 5.74) is 3.43. The lowest BCUT2D eigenvalue weighted by atomic mass is 10.1. The van der Waals surface area contributed by atoms with Crippen molar-refractivity contribution in [1.82, 2.24) is 20.0 Å². The highest BCUT2D eigenvalue weighted by Crippen LogP contribution is 2.12. The van der Waals surface area contributed by atoms with E-state index in [1.807, 2.05) is 20.9 Å². The van der Waals surface area contributed by atoms with Crippen LogP contribution in [0.4, 0.5) is 0 Å². The number of β-amino-alcohol motifs (C(OH)–C–C–N with tert-alkyl or cyclic N) is 1. The van der Waals surface area contributed by atoms with Gasteiger partial charge >= 0.3 is 0 Å². The molecule has 1 aliphatic heterocycles. The fourth-order valence-corrected chi connectivity index (χ4v) is 3.05. The zero-order valence-corrected chi connectivity index (χ0v) is 13.9. The molecule has 1 unspecified atom stereocenters. The molecule has 1 amide bonds. The van der Waals surface area contributed by atoms with Crippen LogP contribution in [0.25, 0.3) is 0 Å². The van der Waals surface area contributed by atoms with E-state index in [2.05, 4.69) is 15.1 Å². The number of amides is 1. The van der Waals surface area contributed by atoms with Crippen molar-refractivity contribution in [2.24, 2.45) is 0 Å². The number of piperidine rings is 1. The average Bonchev–Trinajstić information content (AvgIpc) is 2.78. The van der Waals surface area contributed by atoms with E-state index < -0.39 is 0 Å². The zero-order chi connectivity index (χ0) is 16.1. The lowest BCUT2D eigenvalue weighted by molar-refractivity contribution is -0.131. The second-order valence-corrected chi connectivity index (χ2v) is 6.36. The minimum absolute atomic E-state index is 0.134. The molecule has 0 saturated carbocycles. The van der Waals surface area contributed by atoms with E-state index in [1.165, 1.54) is 5.56 Å². The second kappa shape index (κ2) is 7.74. The van der Waals surface area contributed by atoms with Crippen molar-refractivity contribution in [1.29, 1.82) is 0 Å². The van der Waals surface area contributed by atoms with Crippen molar-refractivity contribution in [3.8, 4) is 0 Å². The number of H-pyrrole nitrogens is 1. The van der Waals surface area contributed by atoms with E-state index in [0.717, 1.165) is 50.2 Å². The van der Waals surface area contributed by atoms with Gasteiger partial charge in [0.15, 0.2) is 0 Å². The average molecular weight is 308 g/mol. The molecule has 1 aromatic heterocycles. The quantitative estimate of drug-likeness (QED) is 0.818. The van der Waals surface area contributed by atoms with Gasteiger partial charge in [-0.15, -0.1) is 0 Å². The summed E-state index contributed by atoms with van der Waals surface area (Å²) in [5, 5.41) is 16.8. The number of carbonyl (C=O) groups is 1. The number of nitrogens with one attached hydrogen (secondary N) is 1. The van der Waals surface area contributed by atoms with Gasteiger partial charge in [-0.25, -0.2) is 0 Å². The third-order valence-electron chi connectivity index (χ3n) is 4.47. The van der Waals surface area contributed by atoms with E-state index in [-0.39, 0.29) is 12.0 Å². The number of carbonyl (C=O) groups excluding carboxylic acids is 1. The topological polar surface area (TPSA) is 72.5 Å². The molecule has 1 aliphatic rings. The van der Waals surface area contributed by atoms with Crippen LogP contribution in [0.3, 0.4) is 0 Å². The van der Waals surface area contributed by atoms with Crippen molar-refractivity contribution in [2.75, 3.05) is 33.2 Å². The summed E-state index contributed by atoms with van der Waals surface area (Å²) in [6.07, 6.45) is 3.42. The molecule has 0 radical (unpaired) electrons. The van der Waals surface area contributed by atoms with E-state index >= 15 is 0 Å². The molecule has 2 N–H and O–H groups in total. The Morgan fingerprint density at radius 1 is 1.50 bits per heavy atom. The number of likely N-dealkylation sites (N-methyl/N-ethyl adjacent to an activating group) is 1. The highest BCUT2D eigenvalue weighted by Gasteiger charge is 2.21. The van der Waals surface area contributed by atoms with Gasteiger partial charge in [0.2, 0.25) is 5.91 Å². The van der Waals surface area contributed by atoms with Crippen molar-refractivity contribution >= 4 is 5.91 Å². The largest absolute Gasteiger partial charge is 0.392 e. The van der Waals surface area contributed by atoms with E-state index in [4.69, 9.17) is 0 Å². The van der Waals surface area contributed by atoms with Crippen LogP contribution in [0.15, 0.2) is 0 Å². The van der Waals surface area contributed by atoms with Gasteiger partial charge in [-0.3, -0.25) is 14.8 Å². The van der Waals surface area contributed by atoms with Crippen molar-refractivity contribution in [3.63, 3.8) is 0 Å². The molecular weight excluding hydrogens is 280 g/mol. The molecule has 1 aromatic rings. The molecule has 1 fully saturated rings. The van der Waals surface area contributed by atoms with E-state index in [0.29, 0.717) is 13.1 Å². The SMILES string of the molecule is Cc1n[nH]c(C)c1CCCN(C)C(=O)CN1CCCC(O)C1. The van der Waals surface area contributed by atoms with E-state index in [9.17, 15) is 9.90 Å². The number of aliphatic hydroxyl groups excluding tert-OH is 1. The van der Waals surface area contributed by atoms with Crippen LogP contribution in [-0.2, 0) is 11.2 Å². The number of hydrogen-bond acceptors (Lipinski definition) is 4. The number of aromatic amines is 1. The lowest BCUT2D eigenvalue weighted by Gasteiger charge is -2.30. The minimum atomic E-state index is -0.279. The first-order valence-corrected chi connectivity index (χ1v) is 8.12. The third kappa shape index (κ3) is 4.55. The zero-order valence-electron chi connectivity index (χ0n) is 13.9. The van der Waals surface area contributed by atoms with Gasteiger partial charge < -0.3 is 10.0 Å². The number of rotatable bonds is 6. The van der Waals surface area contributed by atoms with Gasteiger partial charge in [0, 0.05) is 25.8 Å². The maximum absolute atomic E-state index is 12.2. The summed E-state index contributed by atoms with van der Waals surface area (Å²) >= 11 is 0. The molecule has 6 nitrogen and oxygen atoms in total. The Morgan fingerprint density at radius 2 is 2.27 bits per heavy atom. The predicted octanol–water partition coefficient (Wildman–Crippen LogP) is 0.874. The number of aryl methyl sites for hydroxylation is 2. The van der Waals surface area contributed by atoms with Crippen LogP contribution >= 0.6 is 0 Å². The summed E-state index contributed by atoms with van der Waals surface area (Å²) in [5.74, 6) is 0.134. The number of aromatic nitrogens is 2. The smallest absolute Gasteiger partial charge is 0.236 e. The molecule has 2 rings (SSSR count). The van der Waals surface area contributed by atoms with Crippen molar-refractivity contribution in [2.45, 2.75) is 45.6 Å². The summed E-state index contributed by atoms with van der Waals surface area (Å²) < 4.78 is 0. The fraction of sp³-hybridized carbons (Fsp3) is 0.750. The number of likely N-dealkylation sites (tertiary alicyclic amines) is 1. The van der Waals surface area contributed by atoms with Crippen LogP contribution in [0.5, 0.6) is 0 Å². The molecule has 6 heteroatoms. The highest BCUT2D eigenvalue weighted by atomic mass is 16.3. The fourth-order valence-electron chi connectivity index (χ4n) is 3.05. The maximum Gasteiger partial charge on any atom is 0.236 e. The third-order valence-corrected chi connectivity index (χ3v) is 4.47. The Bertz CT molecular complexity index is 481. The lowest BCUT2D eigenvalue weighted by Crippen LogP contribution is -2.44. The summed E-state index contributed by atoms with van der Waals surface area (Å²) in [7, 11) is 1.86. The summed E-state index contributed by atoms with van der Waals surface area (Å²) in [6.45, 7) is 6.73. The summed E-state index contributed by atoms with van der Waals surface area (Å²) in [6, 6.07) is 0. The molecule has 1 saturated heterocycles. The van der Waals surface area contributed by atoms with Gasteiger partial charge in [-0.05, 0) is 51.6 Å². The molecule has 2 heterocycles. The molecule has 1 atom stereocenters. The van der Waals surface area contributed by atoms with Gasteiger partial charge in [0.1, 0.15) is 0 Å². The molecule has 0 bridgehead atoms. The van der Waals surface area contributed by atoms with Crippen molar-refractivity contribution in [3.05, 3.63) is 17.0 Å². The highest BCUT2D eigenvalue weighted by molar-refractivity contribution is 5.78. The van der Waals surface area contributed by atoms with Crippen LogP contribution in [0.2, 0.25) is 0 Å². The Balaban J connectivity index is 1.72. The van der Waals surface area contributed by atoms with Gasteiger partial charge in [-0.2, -0.15) is 5.10 Å². The Morgan fingerprint density at radius 3 is 2.91 bits per heavy atom. The minimum Gasteiger partial charge on any atom is -0.392 e.